The van der Waals surface area contributed by atoms with E-state index in [0.717, 1.165) is 6.42 Å². The van der Waals surface area contributed by atoms with E-state index in [9.17, 15) is 0 Å². The second-order valence-electron chi connectivity index (χ2n) is 7.93. The summed E-state index contributed by atoms with van der Waals surface area (Å²) in [5, 5.41) is 0. The lowest BCUT2D eigenvalue weighted by Gasteiger charge is -2.25. The molecule has 128 valence electrons. The van der Waals surface area contributed by atoms with Gasteiger partial charge in [-0.2, -0.15) is 0 Å². The van der Waals surface area contributed by atoms with Crippen LogP contribution < -0.4 is 0 Å². The molecule has 5 rings (SSSR count). The van der Waals surface area contributed by atoms with Crippen molar-refractivity contribution in [1.82, 2.24) is 0 Å². The van der Waals surface area contributed by atoms with E-state index in [1.807, 2.05) is 0 Å². The molecule has 0 radical (unpaired) electrons. The SMILES string of the molecule is CC1(C)c2cc(I)ccc2-c2ccc(C3=C4C=CC=CC4CC=C3)cc21. The Labute approximate surface area is 169 Å². The van der Waals surface area contributed by atoms with E-state index in [-0.39, 0.29) is 5.41 Å². The van der Waals surface area contributed by atoms with E-state index in [4.69, 9.17) is 0 Å². The lowest BCUT2D eigenvalue weighted by molar-refractivity contribution is 0.659. The van der Waals surface area contributed by atoms with Gasteiger partial charge in [0.05, 0.1) is 0 Å². The minimum absolute atomic E-state index is 0.0488. The van der Waals surface area contributed by atoms with Gasteiger partial charge in [0.1, 0.15) is 0 Å². The molecule has 2 aromatic carbocycles. The Balaban J connectivity index is 1.69. The van der Waals surface area contributed by atoms with Crippen LogP contribution in [0.4, 0.5) is 0 Å². The Morgan fingerprint density at radius 3 is 2.54 bits per heavy atom. The third kappa shape index (κ3) is 2.33. The Bertz CT molecular complexity index is 1040. The van der Waals surface area contributed by atoms with Gasteiger partial charge in [0.25, 0.3) is 0 Å². The van der Waals surface area contributed by atoms with E-state index >= 15 is 0 Å². The molecule has 0 spiro atoms. The number of allylic oxidation sites excluding steroid dienone is 8. The summed E-state index contributed by atoms with van der Waals surface area (Å²) in [6.45, 7) is 4.72. The largest absolute Gasteiger partial charge is 0.0830 e. The topological polar surface area (TPSA) is 0 Å². The van der Waals surface area contributed by atoms with Gasteiger partial charge in [-0.15, -0.1) is 0 Å². The van der Waals surface area contributed by atoms with E-state index in [1.54, 1.807) is 0 Å². The van der Waals surface area contributed by atoms with Crippen molar-refractivity contribution in [2.75, 3.05) is 0 Å². The summed E-state index contributed by atoms with van der Waals surface area (Å²) >= 11 is 2.42. The van der Waals surface area contributed by atoms with Gasteiger partial charge < -0.3 is 0 Å². The van der Waals surface area contributed by atoms with Crippen molar-refractivity contribution in [2.45, 2.75) is 25.7 Å². The van der Waals surface area contributed by atoms with Gasteiger partial charge >= 0.3 is 0 Å². The van der Waals surface area contributed by atoms with Crippen molar-refractivity contribution in [2.24, 2.45) is 5.92 Å². The molecule has 1 heteroatoms. The van der Waals surface area contributed by atoms with Crippen LogP contribution in [0.1, 0.15) is 37.0 Å². The Morgan fingerprint density at radius 2 is 1.69 bits per heavy atom. The third-order valence-electron chi connectivity index (χ3n) is 6.06. The van der Waals surface area contributed by atoms with Gasteiger partial charge in [0.2, 0.25) is 0 Å². The number of fused-ring (bicyclic) bond motifs is 4. The fraction of sp³-hybridized carbons (Fsp3) is 0.200. The molecule has 0 N–H and O–H groups in total. The van der Waals surface area contributed by atoms with Crippen LogP contribution in [0.5, 0.6) is 0 Å². The minimum Gasteiger partial charge on any atom is -0.0830 e. The van der Waals surface area contributed by atoms with Crippen LogP contribution in [-0.4, -0.2) is 0 Å². The molecule has 0 saturated heterocycles. The summed E-state index contributed by atoms with van der Waals surface area (Å²) in [6, 6.07) is 13.9. The normalized spacial score (nSPS) is 21.6. The highest BCUT2D eigenvalue weighted by Gasteiger charge is 2.35. The van der Waals surface area contributed by atoms with Crippen LogP contribution in [0.2, 0.25) is 0 Å². The summed E-state index contributed by atoms with van der Waals surface area (Å²) in [4.78, 5) is 0. The maximum atomic E-state index is 2.43. The average molecular weight is 448 g/mol. The van der Waals surface area contributed by atoms with Gasteiger partial charge in [-0.05, 0) is 86.2 Å². The number of rotatable bonds is 1. The first-order chi connectivity index (χ1) is 12.6. The van der Waals surface area contributed by atoms with Crippen LogP contribution in [-0.2, 0) is 5.41 Å². The number of hydrogen-bond acceptors (Lipinski definition) is 0. The minimum atomic E-state index is 0.0488. The van der Waals surface area contributed by atoms with Crippen molar-refractivity contribution < 1.29 is 0 Å². The Hall–Kier alpha value is -1.87. The van der Waals surface area contributed by atoms with Gasteiger partial charge in [0.15, 0.2) is 0 Å². The standard InChI is InChI=1S/C25H21I/c1-25(2)23-14-17(20-9-5-7-16-6-3-4-8-19(16)20)10-12-21(23)22-13-11-18(26)15-24(22)25/h3-6,8-16H,7H2,1-2H3. The molecule has 0 saturated carbocycles. The molecule has 1 unspecified atom stereocenters. The molecule has 0 nitrogen and oxygen atoms in total. The van der Waals surface area contributed by atoms with Gasteiger partial charge in [-0.25, -0.2) is 0 Å². The first kappa shape index (κ1) is 16.3. The highest BCUT2D eigenvalue weighted by atomic mass is 127. The second-order valence-corrected chi connectivity index (χ2v) is 9.18. The average Bonchev–Trinajstić information content (AvgIpc) is 2.88. The quantitative estimate of drug-likeness (QED) is 0.410. The summed E-state index contributed by atoms with van der Waals surface area (Å²) in [6.07, 6.45) is 14.7. The Kier molecular flexibility index (Phi) is 3.65. The molecule has 0 aromatic heterocycles. The molecular formula is C25H21I. The zero-order valence-electron chi connectivity index (χ0n) is 15.1. The van der Waals surface area contributed by atoms with Crippen molar-refractivity contribution in [1.29, 1.82) is 0 Å². The molecule has 26 heavy (non-hydrogen) atoms. The molecule has 0 fully saturated rings. The third-order valence-corrected chi connectivity index (χ3v) is 6.74. The zero-order chi connectivity index (χ0) is 17.9. The first-order valence-corrected chi connectivity index (χ1v) is 10.3. The molecule has 3 aliphatic carbocycles. The summed E-state index contributed by atoms with van der Waals surface area (Å²) in [5.41, 5.74) is 9.92. The van der Waals surface area contributed by atoms with Crippen LogP contribution in [0.15, 0.2) is 78.4 Å². The summed E-state index contributed by atoms with van der Waals surface area (Å²) in [7, 11) is 0. The van der Waals surface area contributed by atoms with Crippen LogP contribution in [0, 0.1) is 9.49 Å². The lowest BCUT2D eigenvalue weighted by Crippen LogP contribution is -2.15. The van der Waals surface area contributed by atoms with Crippen molar-refractivity contribution in [3.8, 4) is 11.1 Å². The first-order valence-electron chi connectivity index (χ1n) is 9.26. The molecule has 3 aliphatic rings. The number of halogens is 1. The van der Waals surface area contributed by atoms with Crippen molar-refractivity contribution in [3.63, 3.8) is 0 Å². The summed E-state index contributed by atoms with van der Waals surface area (Å²) < 4.78 is 1.31. The molecule has 0 aliphatic heterocycles. The maximum Gasteiger partial charge on any atom is 0.0159 e. The molecular weight excluding hydrogens is 427 g/mol. The molecule has 2 aromatic rings. The van der Waals surface area contributed by atoms with Gasteiger partial charge in [0, 0.05) is 14.9 Å². The molecule has 0 heterocycles. The van der Waals surface area contributed by atoms with E-state index in [2.05, 4.69) is 109 Å². The molecule has 0 bridgehead atoms. The van der Waals surface area contributed by atoms with Gasteiger partial charge in [-0.3, -0.25) is 0 Å². The van der Waals surface area contributed by atoms with E-state index < -0.39 is 0 Å². The van der Waals surface area contributed by atoms with Crippen LogP contribution in [0.3, 0.4) is 0 Å². The highest BCUT2D eigenvalue weighted by molar-refractivity contribution is 14.1. The van der Waals surface area contributed by atoms with E-state index in [1.165, 1.54) is 42.5 Å². The number of hydrogen-bond donors (Lipinski definition) is 0. The van der Waals surface area contributed by atoms with Crippen LogP contribution in [0.25, 0.3) is 16.7 Å². The molecule has 1 atom stereocenters. The highest BCUT2D eigenvalue weighted by Crippen LogP contribution is 2.50. The second kappa shape index (κ2) is 5.82. The smallest absolute Gasteiger partial charge is 0.0159 e. The number of benzene rings is 2. The fourth-order valence-corrected chi connectivity index (χ4v) is 5.14. The van der Waals surface area contributed by atoms with Crippen LogP contribution >= 0.6 is 22.6 Å². The maximum absolute atomic E-state index is 2.43. The monoisotopic (exact) mass is 448 g/mol. The fourth-order valence-electron chi connectivity index (χ4n) is 4.65. The predicted octanol–water partition coefficient (Wildman–Crippen LogP) is 7.05. The Morgan fingerprint density at radius 1 is 0.923 bits per heavy atom. The zero-order valence-corrected chi connectivity index (χ0v) is 17.2. The summed E-state index contributed by atoms with van der Waals surface area (Å²) in [5.74, 6) is 0.528. The lowest BCUT2D eigenvalue weighted by atomic mass is 9.79. The predicted molar refractivity (Wildman–Crippen MR) is 119 cm³/mol. The van der Waals surface area contributed by atoms with Gasteiger partial charge in [-0.1, -0.05) is 68.5 Å². The van der Waals surface area contributed by atoms with Crippen molar-refractivity contribution >= 4 is 28.2 Å². The molecule has 0 amide bonds. The van der Waals surface area contributed by atoms with E-state index in [0.29, 0.717) is 5.92 Å². The van der Waals surface area contributed by atoms with Crippen molar-refractivity contribution in [3.05, 3.63) is 98.7 Å².